The van der Waals surface area contributed by atoms with Crippen LogP contribution in [0.5, 0.6) is 0 Å². The minimum atomic E-state index is -4.17. The van der Waals surface area contributed by atoms with Crippen LogP contribution in [0.15, 0.2) is 6.20 Å². The molecule has 19 heavy (non-hydrogen) atoms. The molecule has 108 valence electrons. The number of rotatable bonds is 6. The number of nitrogens with zero attached hydrogens (tertiary/aromatic N) is 2. The quantitative estimate of drug-likeness (QED) is 0.812. The molecule has 0 bridgehead atoms. The minimum absolute atomic E-state index is 0.145. The highest BCUT2D eigenvalue weighted by Crippen LogP contribution is 2.23. The van der Waals surface area contributed by atoms with E-state index in [4.69, 9.17) is 5.73 Å². The predicted octanol–water partition coefficient (Wildman–Crippen LogP) is 2.22. The summed E-state index contributed by atoms with van der Waals surface area (Å²) < 4.78 is 53.4. The van der Waals surface area contributed by atoms with Gasteiger partial charge in [0, 0.05) is 23.5 Å². The van der Waals surface area contributed by atoms with Gasteiger partial charge < -0.3 is 10.5 Å². The number of nitrogens with two attached hydrogens (primary N) is 1. The second-order valence-electron chi connectivity index (χ2n) is 4.17. The maximum absolute atomic E-state index is 12.6. The zero-order chi connectivity index (χ0) is 14.6. The Kier molecular flexibility index (Phi) is 5.19. The van der Waals surface area contributed by atoms with Crippen LogP contribution in [0.1, 0.15) is 30.0 Å². The first-order valence-corrected chi connectivity index (χ1v) is 5.55. The molecule has 0 aliphatic rings. The van der Waals surface area contributed by atoms with Crippen molar-refractivity contribution in [1.29, 1.82) is 0 Å². The molecule has 0 aliphatic carbocycles. The Hall–Kier alpha value is -1.28. The normalized spacial score (nSPS) is 13.9. The first-order chi connectivity index (χ1) is 8.74. The molecule has 0 amide bonds. The van der Waals surface area contributed by atoms with Crippen molar-refractivity contribution in [3.05, 3.63) is 23.3 Å². The van der Waals surface area contributed by atoms with Gasteiger partial charge in [0.25, 0.3) is 0 Å². The lowest BCUT2D eigenvalue weighted by atomic mass is 10.1. The third-order valence-electron chi connectivity index (χ3n) is 2.40. The Balaban J connectivity index is 2.58. The molecule has 0 saturated carbocycles. The molecule has 0 unspecified atom stereocenters. The fourth-order valence-electron chi connectivity index (χ4n) is 1.38. The van der Waals surface area contributed by atoms with Crippen molar-refractivity contribution < 1.29 is 22.3 Å². The summed E-state index contributed by atoms with van der Waals surface area (Å²) in [6, 6.07) is -0.252. The molecule has 1 rings (SSSR count). The Bertz CT molecular complexity index is 426. The lowest BCUT2D eigenvalue weighted by Crippen LogP contribution is -2.32. The number of alkyl halides is 4. The topological polar surface area (TPSA) is 61.0 Å². The van der Waals surface area contributed by atoms with Crippen LogP contribution in [0, 0.1) is 6.92 Å². The molecular weight excluding hydrogens is 266 g/mol. The molecule has 8 heteroatoms. The summed E-state index contributed by atoms with van der Waals surface area (Å²) in [4.78, 5) is 7.89. The molecule has 0 radical (unpaired) electrons. The molecule has 0 spiro atoms. The average molecular weight is 281 g/mol. The average Bonchev–Trinajstić information content (AvgIpc) is 2.28. The molecule has 2 N–H and O–H groups in total. The van der Waals surface area contributed by atoms with Crippen LogP contribution in [0.25, 0.3) is 0 Å². The highest BCUT2D eigenvalue weighted by molar-refractivity contribution is 5.19. The molecule has 1 atom stereocenters. The summed E-state index contributed by atoms with van der Waals surface area (Å²) in [5, 5.41) is 0. The van der Waals surface area contributed by atoms with E-state index in [1.54, 1.807) is 13.8 Å². The minimum Gasteiger partial charge on any atom is -0.367 e. The van der Waals surface area contributed by atoms with Crippen LogP contribution in [-0.2, 0) is 11.3 Å². The highest BCUT2D eigenvalue weighted by atomic mass is 19.3. The molecule has 1 aromatic rings. The van der Waals surface area contributed by atoms with E-state index in [2.05, 4.69) is 14.7 Å². The standard InChI is InChI=1S/C11H15F4N3O/c1-6(16)8-3-17-9(18-7(8)2)4-19-5-11(14,15)10(12)13/h3,6,10H,4-5,16H2,1-2H3/t6-/m0/s1. The van der Waals surface area contributed by atoms with E-state index in [0.29, 0.717) is 5.69 Å². The maximum Gasteiger partial charge on any atom is 0.330 e. The number of hydrogen-bond acceptors (Lipinski definition) is 4. The summed E-state index contributed by atoms with van der Waals surface area (Å²) in [5.41, 5.74) is 6.99. The smallest absolute Gasteiger partial charge is 0.330 e. The molecule has 0 aliphatic heterocycles. The Labute approximate surface area is 108 Å². The molecule has 0 aromatic carbocycles. The van der Waals surface area contributed by atoms with Gasteiger partial charge in [-0.1, -0.05) is 0 Å². The molecule has 0 fully saturated rings. The van der Waals surface area contributed by atoms with Gasteiger partial charge in [-0.25, -0.2) is 18.7 Å². The molecule has 1 aromatic heterocycles. The summed E-state index contributed by atoms with van der Waals surface area (Å²) >= 11 is 0. The number of aryl methyl sites for hydroxylation is 1. The molecule has 1 heterocycles. The van der Waals surface area contributed by atoms with Crippen LogP contribution < -0.4 is 5.73 Å². The number of hydrogen-bond donors (Lipinski definition) is 1. The van der Waals surface area contributed by atoms with Crippen molar-refractivity contribution in [1.82, 2.24) is 9.97 Å². The van der Waals surface area contributed by atoms with E-state index in [0.717, 1.165) is 5.56 Å². The van der Waals surface area contributed by atoms with Crippen LogP contribution in [0.4, 0.5) is 17.6 Å². The number of halogens is 4. The van der Waals surface area contributed by atoms with Gasteiger partial charge in [0.2, 0.25) is 0 Å². The van der Waals surface area contributed by atoms with Gasteiger partial charge in [-0.05, 0) is 13.8 Å². The monoisotopic (exact) mass is 281 g/mol. The van der Waals surface area contributed by atoms with Crippen molar-refractivity contribution >= 4 is 0 Å². The fourth-order valence-corrected chi connectivity index (χ4v) is 1.38. The zero-order valence-corrected chi connectivity index (χ0v) is 10.5. The number of aromatic nitrogens is 2. The zero-order valence-electron chi connectivity index (χ0n) is 10.5. The van der Waals surface area contributed by atoms with Crippen LogP contribution in [0.3, 0.4) is 0 Å². The lowest BCUT2D eigenvalue weighted by Gasteiger charge is -2.15. The third kappa shape index (κ3) is 4.39. The second-order valence-corrected chi connectivity index (χ2v) is 4.17. The van der Waals surface area contributed by atoms with E-state index in [1.807, 2.05) is 0 Å². The summed E-state index contributed by atoms with van der Waals surface area (Å²) in [7, 11) is 0. The highest BCUT2D eigenvalue weighted by Gasteiger charge is 2.40. The Morgan fingerprint density at radius 3 is 2.53 bits per heavy atom. The van der Waals surface area contributed by atoms with Crippen LogP contribution >= 0.6 is 0 Å². The van der Waals surface area contributed by atoms with Gasteiger partial charge in [-0.15, -0.1) is 0 Å². The first kappa shape index (κ1) is 15.8. The van der Waals surface area contributed by atoms with Crippen molar-refractivity contribution in [3.8, 4) is 0 Å². The van der Waals surface area contributed by atoms with Gasteiger partial charge in [0.15, 0.2) is 5.82 Å². The Morgan fingerprint density at radius 1 is 1.42 bits per heavy atom. The fraction of sp³-hybridized carbons (Fsp3) is 0.636. The Morgan fingerprint density at radius 2 is 2.05 bits per heavy atom. The maximum atomic E-state index is 12.6. The van der Waals surface area contributed by atoms with Crippen molar-refractivity contribution in [3.63, 3.8) is 0 Å². The van der Waals surface area contributed by atoms with Gasteiger partial charge in [0.05, 0.1) is 0 Å². The van der Waals surface area contributed by atoms with E-state index in [9.17, 15) is 17.6 Å². The summed E-state index contributed by atoms with van der Waals surface area (Å²) in [6.45, 7) is 1.72. The lowest BCUT2D eigenvalue weighted by molar-refractivity contribution is -0.168. The van der Waals surface area contributed by atoms with Gasteiger partial charge in [-0.2, -0.15) is 8.78 Å². The molecule has 4 nitrogen and oxygen atoms in total. The first-order valence-electron chi connectivity index (χ1n) is 5.55. The van der Waals surface area contributed by atoms with Crippen LogP contribution in [0.2, 0.25) is 0 Å². The van der Waals surface area contributed by atoms with Crippen molar-refractivity contribution in [2.75, 3.05) is 6.61 Å². The number of ether oxygens (including phenoxy) is 1. The predicted molar refractivity (Wildman–Crippen MR) is 60.0 cm³/mol. The molecule has 0 saturated heterocycles. The third-order valence-corrected chi connectivity index (χ3v) is 2.40. The SMILES string of the molecule is Cc1nc(COCC(F)(F)C(F)F)ncc1[C@H](C)N. The van der Waals surface area contributed by atoms with Gasteiger partial charge in [-0.3, -0.25) is 0 Å². The second kappa shape index (κ2) is 6.25. The van der Waals surface area contributed by atoms with E-state index in [1.165, 1.54) is 6.20 Å². The van der Waals surface area contributed by atoms with E-state index < -0.39 is 19.0 Å². The molecular formula is C11H15F4N3O. The van der Waals surface area contributed by atoms with E-state index in [-0.39, 0.29) is 18.5 Å². The van der Waals surface area contributed by atoms with Crippen molar-refractivity contribution in [2.45, 2.75) is 38.8 Å². The van der Waals surface area contributed by atoms with Crippen LogP contribution in [-0.4, -0.2) is 28.9 Å². The largest absolute Gasteiger partial charge is 0.367 e. The van der Waals surface area contributed by atoms with Gasteiger partial charge in [0.1, 0.15) is 13.2 Å². The summed E-state index contributed by atoms with van der Waals surface area (Å²) in [5.74, 6) is -4.02. The summed E-state index contributed by atoms with van der Waals surface area (Å²) in [6.07, 6.45) is -2.28. The van der Waals surface area contributed by atoms with E-state index >= 15 is 0 Å². The van der Waals surface area contributed by atoms with Crippen molar-refractivity contribution in [2.24, 2.45) is 5.73 Å². The van der Waals surface area contributed by atoms with Gasteiger partial charge >= 0.3 is 12.3 Å².